The lowest BCUT2D eigenvalue weighted by Crippen LogP contribution is -2.61. The molecule has 8 heteroatoms. The molecule has 3 heterocycles. The van der Waals surface area contributed by atoms with Crippen LogP contribution in [0.4, 0.5) is 11.9 Å². The highest BCUT2D eigenvalue weighted by molar-refractivity contribution is 5.40. The Bertz CT molecular complexity index is 985. The van der Waals surface area contributed by atoms with Crippen molar-refractivity contribution in [3.8, 4) is 0 Å². The number of nitrogens with one attached hydrogen (secondary N) is 1. The van der Waals surface area contributed by atoms with Crippen molar-refractivity contribution < 1.29 is 4.74 Å². The molecule has 1 aromatic rings. The van der Waals surface area contributed by atoms with E-state index in [-0.39, 0.29) is 11.1 Å². The highest BCUT2D eigenvalue weighted by atomic mass is 16.5. The maximum absolute atomic E-state index is 5.59. The third kappa shape index (κ3) is 9.49. The SMILES string of the molecule is Cc1nc(N2CCOCC2)nc(N(CCCCCCN(C)C2CC(C)(C)NC(C)(C)C2)C2CC(C)(C)CC(C)(C)C2)n1. The summed E-state index contributed by atoms with van der Waals surface area (Å²) in [6.45, 7) is 26.5. The second-order valence-corrected chi connectivity index (χ2v) is 16.7. The van der Waals surface area contributed by atoms with Crippen LogP contribution in [0.3, 0.4) is 0 Å². The van der Waals surface area contributed by atoms with E-state index in [2.05, 4.69) is 82.5 Å². The monoisotopic (exact) mass is 586 g/mol. The molecule has 42 heavy (non-hydrogen) atoms. The summed E-state index contributed by atoms with van der Waals surface area (Å²) < 4.78 is 5.59. The molecule has 240 valence electrons. The molecule has 0 atom stereocenters. The molecule has 0 bridgehead atoms. The van der Waals surface area contributed by atoms with E-state index in [1.807, 2.05) is 6.92 Å². The van der Waals surface area contributed by atoms with Crippen molar-refractivity contribution in [1.29, 1.82) is 0 Å². The molecule has 1 saturated carbocycles. The van der Waals surface area contributed by atoms with Gasteiger partial charge in [0.1, 0.15) is 5.82 Å². The van der Waals surface area contributed by atoms with Crippen LogP contribution in [0.1, 0.15) is 119 Å². The van der Waals surface area contributed by atoms with E-state index in [4.69, 9.17) is 19.7 Å². The van der Waals surface area contributed by atoms with Gasteiger partial charge in [0.05, 0.1) is 13.2 Å². The first-order chi connectivity index (χ1) is 19.5. The van der Waals surface area contributed by atoms with Gasteiger partial charge in [-0.15, -0.1) is 0 Å². The van der Waals surface area contributed by atoms with Crippen LogP contribution in [0.15, 0.2) is 0 Å². The number of morpholine rings is 1. The van der Waals surface area contributed by atoms with Crippen molar-refractivity contribution >= 4 is 11.9 Å². The maximum Gasteiger partial charge on any atom is 0.230 e. The third-order valence-corrected chi connectivity index (χ3v) is 9.70. The van der Waals surface area contributed by atoms with E-state index in [9.17, 15) is 0 Å². The minimum atomic E-state index is 0.196. The summed E-state index contributed by atoms with van der Waals surface area (Å²) in [6.07, 6.45) is 11.0. The van der Waals surface area contributed by atoms with Gasteiger partial charge >= 0.3 is 0 Å². The normalized spacial score (nSPS) is 24.2. The molecule has 1 N–H and O–H groups in total. The molecule has 3 aliphatic rings. The molecule has 8 nitrogen and oxygen atoms in total. The Morgan fingerprint density at radius 2 is 1.33 bits per heavy atom. The van der Waals surface area contributed by atoms with Crippen LogP contribution in [-0.4, -0.2) is 89.5 Å². The summed E-state index contributed by atoms with van der Waals surface area (Å²) in [5.74, 6) is 2.50. The minimum Gasteiger partial charge on any atom is -0.378 e. The topological polar surface area (TPSA) is 69.7 Å². The molecular weight excluding hydrogens is 522 g/mol. The molecule has 1 aromatic heterocycles. The second kappa shape index (κ2) is 13.2. The van der Waals surface area contributed by atoms with Gasteiger partial charge in [-0.05, 0) is 104 Å². The lowest BCUT2D eigenvalue weighted by molar-refractivity contribution is 0.0805. The Balaban J connectivity index is 1.38. The smallest absolute Gasteiger partial charge is 0.230 e. The van der Waals surface area contributed by atoms with E-state index in [1.165, 1.54) is 64.3 Å². The van der Waals surface area contributed by atoms with Crippen LogP contribution in [0.2, 0.25) is 0 Å². The number of rotatable bonds is 11. The molecule has 2 saturated heterocycles. The van der Waals surface area contributed by atoms with Crippen LogP contribution in [0.5, 0.6) is 0 Å². The summed E-state index contributed by atoms with van der Waals surface area (Å²) in [6, 6.07) is 1.10. The fourth-order valence-corrected chi connectivity index (χ4v) is 8.70. The van der Waals surface area contributed by atoms with Crippen molar-refractivity contribution in [3.05, 3.63) is 5.82 Å². The van der Waals surface area contributed by atoms with E-state index in [1.54, 1.807) is 0 Å². The Kier molecular flexibility index (Phi) is 10.5. The molecule has 0 aromatic carbocycles. The van der Waals surface area contributed by atoms with Crippen LogP contribution in [0, 0.1) is 17.8 Å². The number of hydrogen-bond acceptors (Lipinski definition) is 8. The van der Waals surface area contributed by atoms with Crippen molar-refractivity contribution in [2.75, 3.05) is 56.2 Å². The lowest BCUT2D eigenvalue weighted by atomic mass is 9.63. The standard InChI is InChI=1S/C34H63N7O/c1-26-35-29(40-17-19-42-20-18-40)37-30(36-26)41(28-21-31(2,3)25-32(4,5)22-28)16-14-12-11-13-15-39(10)27-23-33(6,7)38-34(8,9)24-27/h27-28,38H,11-25H2,1-10H3. The number of anilines is 2. The third-order valence-electron chi connectivity index (χ3n) is 9.70. The molecule has 0 radical (unpaired) electrons. The van der Waals surface area contributed by atoms with Gasteiger partial charge in [-0.2, -0.15) is 15.0 Å². The molecule has 3 fully saturated rings. The van der Waals surface area contributed by atoms with Crippen LogP contribution in [-0.2, 0) is 4.74 Å². The molecule has 0 amide bonds. The lowest BCUT2D eigenvalue weighted by Gasteiger charge is -2.49. The number of piperidine rings is 1. The summed E-state index contributed by atoms with van der Waals surface area (Å²) in [4.78, 5) is 22.3. The van der Waals surface area contributed by atoms with E-state index >= 15 is 0 Å². The van der Waals surface area contributed by atoms with Crippen LogP contribution in [0.25, 0.3) is 0 Å². The Morgan fingerprint density at radius 3 is 1.93 bits per heavy atom. The van der Waals surface area contributed by atoms with Crippen molar-refractivity contribution in [3.63, 3.8) is 0 Å². The predicted octanol–water partition coefficient (Wildman–Crippen LogP) is 6.23. The average molecular weight is 586 g/mol. The van der Waals surface area contributed by atoms with Gasteiger partial charge in [-0.3, -0.25) is 0 Å². The number of unbranched alkanes of at least 4 members (excludes halogenated alkanes) is 3. The molecule has 2 aliphatic heterocycles. The van der Waals surface area contributed by atoms with Gasteiger partial charge in [0.2, 0.25) is 11.9 Å². The quantitative estimate of drug-likeness (QED) is 0.307. The van der Waals surface area contributed by atoms with E-state index < -0.39 is 0 Å². The van der Waals surface area contributed by atoms with Gasteiger partial charge in [-0.25, -0.2) is 0 Å². The van der Waals surface area contributed by atoms with E-state index in [0.717, 1.165) is 50.6 Å². The number of aromatic nitrogens is 3. The highest BCUT2D eigenvalue weighted by Gasteiger charge is 2.42. The second-order valence-electron chi connectivity index (χ2n) is 16.7. The molecular formula is C34H63N7O. The summed E-state index contributed by atoms with van der Waals surface area (Å²) >= 11 is 0. The summed E-state index contributed by atoms with van der Waals surface area (Å²) in [7, 11) is 2.34. The van der Waals surface area contributed by atoms with Crippen molar-refractivity contribution in [2.45, 2.75) is 143 Å². The number of aryl methyl sites for hydroxylation is 1. The Morgan fingerprint density at radius 1 is 0.762 bits per heavy atom. The van der Waals surface area contributed by atoms with Crippen molar-refractivity contribution in [2.24, 2.45) is 10.8 Å². The summed E-state index contributed by atoms with van der Waals surface area (Å²) in [5, 5.41) is 3.83. The predicted molar refractivity (Wildman–Crippen MR) is 176 cm³/mol. The average Bonchev–Trinajstić information content (AvgIpc) is 2.84. The van der Waals surface area contributed by atoms with Gasteiger partial charge in [-0.1, -0.05) is 40.5 Å². The zero-order chi connectivity index (χ0) is 30.8. The number of hydrogen-bond donors (Lipinski definition) is 1. The molecule has 1 aliphatic carbocycles. The molecule has 0 spiro atoms. The Hall–Kier alpha value is -1.51. The van der Waals surface area contributed by atoms with Crippen LogP contribution >= 0.6 is 0 Å². The fraction of sp³-hybridized carbons (Fsp3) is 0.912. The number of nitrogens with zero attached hydrogens (tertiary/aromatic N) is 6. The first-order valence-corrected chi connectivity index (χ1v) is 16.8. The summed E-state index contributed by atoms with van der Waals surface area (Å²) in [5.41, 5.74) is 1.01. The van der Waals surface area contributed by atoms with Crippen molar-refractivity contribution in [1.82, 2.24) is 25.2 Å². The maximum atomic E-state index is 5.59. The minimum absolute atomic E-state index is 0.196. The molecule has 4 rings (SSSR count). The largest absolute Gasteiger partial charge is 0.378 e. The Labute approximate surface area is 257 Å². The zero-order valence-electron chi connectivity index (χ0n) is 28.9. The zero-order valence-corrected chi connectivity index (χ0v) is 28.9. The number of ether oxygens (including phenoxy) is 1. The van der Waals surface area contributed by atoms with Gasteiger partial charge < -0.3 is 24.8 Å². The van der Waals surface area contributed by atoms with Gasteiger partial charge in [0.15, 0.2) is 0 Å². The first kappa shape index (κ1) is 33.4. The molecule has 0 unspecified atom stereocenters. The fourth-order valence-electron chi connectivity index (χ4n) is 8.70. The first-order valence-electron chi connectivity index (χ1n) is 16.8. The highest BCUT2D eigenvalue weighted by Crippen LogP contribution is 2.47. The van der Waals surface area contributed by atoms with Gasteiger partial charge in [0, 0.05) is 42.8 Å². The van der Waals surface area contributed by atoms with Gasteiger partial charge in [0.25, 0.3) is 0 Å². The van der Waals surface area contributed by atoms with Crippen LogP contribution < -0.4 is 15.1 Å². The van der Waals surface area contributed by atoms with E-state index in [0.29, 0.717) is 22.9 Å².